The molecular weight excluding hydrogens is 242 g/mol. The van der Waals surface area contributed by atoms with E-state index in [1.165, 1.54) is 0 Å². The highest BCUT2D eigenvalue weighted by Gasteiger charge is 2.25. The fraction of sp³-hybridized carbons (Fsp3) is 0.429. The molecule has 0 bridgehead atoms. The van der Waals surface area contributed by atoms with Crippen LogP contribution in [-0.4, -0.2) is 41.7 Å². The number of hydrogen-bond acceptors (Lipinski definition) is 4. The summed E-state index contributed by atoms with van der Waals surface area (Å²) in [5, 5.41) is 20.8. The van der Waals surface area contributed by atoms with Crippen LogP contribution < -0.4 is 5.32 Å². The summed E-state index contributed by atoms with van der Waals surface area (Å²) in [6, 6.07) is 8.96. The van der Waals surface area contributed by atoms with Gasteiger partial charge in [-0.25, -0.2) is 0 Å². The van der Waals surface area contributed by atoms with Crippen LogP contribution in [0.2, 0.25) is 0 Å². The van der Waals surface area contributed by atoms with Crippen molar-refractivity contribution in [3.63, 3.8) is 0 Å². The number of nitrogens with one attached hydrogen (secondary N) is 1. The van der Waals surface area contributed by atoms with Crippen molar-refractivity contribution >= 4 is 11.6 Å². The summed E-state index contributed by atoms with van der Waals surface area (Å²) in [6.07, 6.45) is 1.95. The minimum Gasteiger partial charge on any atom is -0.395 e. The van der Waals surface area contributed by atoms with Crippen LogP contribution in [0.1, 0.15) is 18.4 Å². The Morgan fingerprint density at radius 3 is 3.16 bits per heavy atom. The van der Waals surface area contributed by atoms with Crippen molar-refractivity contribution < 1.29 is 9.90 Å². The summed E-state index contributed by atoms with van der Waals surface area (Å²) in [6.45, 7) is 1.22. The van der Waals surface area contributed by atoms with Crippen LogP contribution >= 0.6 is 0 Å². The Hall–Kier alpha value is -1.90. The molecule has 19 heavy (non-hydrogen) atoms. The third-order valence-corrected chi connectivity index (χ3v) is 3.33. The average Bonchev–Trinajstić information content (AvgIpc) is 2.86. The number of rotatable bonds is 4. The summed E-state index contributed by atoms with van der Waals surface area (Å²) in [5.41, 5.74) is 1.15. The Morgan fingerprint density at radius 2 is 2.42 bits per heavy atom. The fourth-order valence-corrected chi connectivity index (χ4v) is 2.36. The lowest BCUT2D eigenvalue weighted by atomic mass is 10.2. The first kappa shape index (κ1) is 13.5. The molecular formula is C14H17N3O2. The molecule has 1 unspecified atom stereocenters. The van der Waals surface area contributed by atoms with Gasteiger partial charge in [0.1, 0.15) is 0 Å². The predicted molar refractivity (Wildman–Crippen MR) is 71.5 cm³/mol. The van der Waals surface area contributed by atoms with Crippen LogP contribution in [0.4, 0.5) is 5.69 Å². The van der Waals surface area contributed by atoms with E-state index < -0.39 is 0 Å². The Bertz CT molecular complexity index is 496. The Morgan fingerprint density at radius 1 is 1.58 bits per heavy atom. The second kappa shape index (κ2) is 6.32. The van der Waals surface area contributed by atoms with E-state index in [9.17, 15) is 9.90 Å². The summed E-state index contributed by atoms with van der Waals surface area (Å²) in [5.74, 6) is -0.115. The number of anilines is 1. The van der Waals surface area contributed by atoms with Crippen molar-refractivity contribution in [3.05, 3.63) is 29.8 Å². The molecule has 0 radical (unpaired) electrons. The lowest BCUT2D eigenvalue weighted by Crippen LogP contribution is -2.38. The zero-order chi connectivity index (χ0) is 13.7. The molecule has 1 saturated heterocycles. The van der Waals surface area contributed by atoms with Crippen LogP contribution in [0.5, 0.6) is 0 Å². The Balaban J connectivity index is 1.92. The summed E-state index contributed by atoms with van der Waals surface area (Å²) >= 11 is 0. The lowest BCUT2D eigenvalue weighted by molar-refractivity contribution is -0.117. The van der Waals surface area contributed by atoms with Gasteiger partial charge in [0.15, 0.2) is 0 Å². The van der Waals surface area contributed by atoms with Gasteiger partial charge in [0, 0.05) is 11.7 Å². The van der Waals surface area contributed by atoms with Crippen LogP contribution in [0, 0.1) is 11.3 Å². The van der Waals surface area contributed by atoms with Crippen molar-refractivity contribution in [1.29, 1.82) is 5.26 Å². The molecule has 1 aromatic carbocycles. The Kier molecular flexibility index (Phi) is 4.50. The minimum absolute atomic E-state index is 0.0937. The number of aliphatic hydroxyl groups is 1. The van der Waals surface area contributed by atoms with Crippen LogP contribution in [-0.2, 0) is 4.79 Å². The normalized spacial score (nSPS) is 19.1. The maximum Gasteiger partial charge on any atom is 0.238 e. The van der Waals surface area contributed by atoms with Crippen molar-refractivity contribution in [3.8, 4) is 6.07 Å². The summed E-state index contributed by atoms with van der Waals surface area (Å²) in [4.78, 5) is 13.9. The number of aliphatic hydroxyl groups excluding tert-OH is 1. The highest BCUT2D eigenvalue weighted by atomic mass is 16.3. The minimum atomic E-state index is -0.115. The largest absolute Gasteiger partial charge is 0.395 e. The number of carbonyl (C=O) groups excluding carboxylic acids is 1. The predicted octanol–water partition coefficient (Wildman–Crippen LogP) is 0.953. The molecule has 1 aliphatic heterocycles. The molecule has 1 heterocycles. The number of benzene rings is 1. The first-order valence-corrected chi connectivity index (χ1v) is 6.38. The highest BCUT2D eigenvalue weighted by Crippen LogP contribution is 2.16. The van der Waals surface area contributed by atoms with Gasteiger partial charge >= 0.3 is 0 Å². The molecule has 1 aromatic rings. The van der Waals surface area contributed by atoms with Gasteiger partial charge in [-0.15, -0.1) is 0 Å². The van der Waals surface area contributed by atoms with Gasteiger partial charge < -0.3 is 10.4 Å². The molecule has 0 aromatic heterocycles. The van der Waals surface area contributed by atoms with Gasteiger partial charge in [0.25, 0.3) is 0 Å². The van der Waals surface area contributed by atoms with E-state index in [0.717, 1.165) is 19.4 Å². The fourth-order valence-electron chi connectivity index (χ4n) is 2.36. The summed E-state index contributed by atoms with van der Waals surface area (Å²) < 4.78 is 0. The molecule has 1 amide bonds. The molecule has 0 saturated carbocycles. The van der Waals surface area contributed by atoms with Crippen LogP contribution in [0.15, 0.2) is 24.3 Å². The first-order valence-electron chi connectivity index (χ1n) is 6.38. The molecule has 2 rings (SSSR count). The van der Waals surface area contributed by atoms with Gasteiger partial charge in [-0.3, -0.25) is 9.69 Å². The lowest BCUT2D eigenvalue weighted by Gasteiger charge is -2.21. The van der Waals surface area contributed by atoms with Gasteiger partial charge in [0.2, 0.25) is 5.91 Å². The molecule has 1 atom stereocenters. The molecule has 1 aliphatic rings. The zero-order valence-corrected chi connectivity index (χ0v) is 10.7. The first-order chi connectivity index (χ1) is 9.22. The Labute approximate surface area is 112 Å². The molecule has 0 aliphatic carbocycles. The van der Waals surface area contributed by atoms with Gasteiger partial charge in [-0.05, 0) is 37.6 Å². The van der Waals surface area contributed by atoms with Gasteiger partial charge in [0.05, 0.1) is 24.8 Å². The smallest absolute Gasteiger partial charge is 0.238 e. The second-order valence-corrected chi connectivity index (χ2v) is 4.69. The number of carbonyl (C=O) groups is 1. The van der Waals surface area contributed by atoms with E-state index in [4.69, 9.17) is 5.26 Å². The summed E-state index contributed by atoms with van der Waals surface area (Å²) in [7, 11) is 0. The zero-order valence-electron chi connectivity index (χ0n) is 10.7. The third-order valence-electron chi connectivity index (χ3n) is 3.33. The van der Waals surface area contributed by atoms with Crippen molar-refractivity contribution in [2.75, 3.05) is 25.0 Å². The van der Waals surface area contributed by atoms with E-state index in [2.05, 4.69) is 5.32 Å². The van der Waals surface area contributed by atoms with Gasteiger partial charge in [-0.1, -0.05) is 6.07 Å². The number of hydrogen-bond donors (Lipinski definition) is 2. The average molecular weight is 259 g/mol. The van der Waals surface area contributed by atoms with Crippen molar-refractivity contribution in [2.45, 2.75) is 18.9 Å². The monoisotopic (exact) mass is 259 g/mol. The quantitative estimate of drug-likeness (QED) is 0.844. The van der Waals surface area contributed by atoms with Crippen molar-refractivity contribution in [1.82, 2.24) is 4.90 Å². The second-order valence-electron chi connectivity index (χ2n) is 4.69. The number of nitriles is 1. The van der Waals surface area contributed by atoms with Gasteiger partial charge in [-0.2, -0.15) is 5.26 Å². The number of likely N-dealkylation sites (tertiary alicyclic amines) is 1. The molecule has 0 spiro atoms. The maximum atomic E-state index is 11.9. The van der Waals surface area contributed by atoms with E-state index in [1.54, 1.807) is 24.3 Å². The van der Waals surface area contributed by atoms with Crippen molar-refractivity contribution in [2.24, 2.45) is 0 Å². The van der Waals surface area contributed by atoms with E-state index in [-0.39, 0.29) is 25.1 Å². The molecule has 100 valence electrons. The van der Waals surface area contributed by atoms with E-state index in [0.29, 0.717) is 11.3 Å². The number of amides is 1. The maximum absolute atomic E-state index is 11.9. The van der Waals surface area contributed by atoms with Crippen LogP contribution in [0.25, 0.3) is 0 Å². The third kappa shape index (κ3) is 3.53. The topological polar surface area (TPSA) is 76.4 Å². The van der Waals surface area contributed by atoms with Crippen LogP contribution in [0.3, 0.4) is 0 Å². The molecule has 5 heteroatoms. The molecule has 5 nitrogen and oxygen atoms in total. The SMILES string of the molecule is N#Cc1cccc(NC(=O)CN2CCCC2CO)c1. The molecule has 1 fully saturated rings. The molecule has 2 N–H and O–H groups in total. The highest BCUT2D eigenvalue weighted by molar-refractivity contribution is 5.92. The number of nitrogens with zero attached hydrogens (tertiary/aromatic N) is 2. The standard InChI is InChI=1S/C14H17N3O2/c15-8-11-3-1-4-12(7-11)16-14(19)9-17-6-2-5-13(17)10-18/h1,3-4,7,13,18H,2,5-6,9-10H2,(H,16,19). The van der Waals surface area contributed by atoms with E-state index >= 15 is 0 Å². The van der Waals surface area contributed by atoms with E-state index in [1.807, 2.05) is 11.0 Å².